The second kappa shape index (κ2) is 6.97. The van der Waals surface area contributed by atoms with Crippen LogP contribution in [0.15, 0.2) is 12.1 Å². The molecule has 112 valence electrons. The highest BCUT2D eigenvalue weighted by atomic mass is 32.1. The third-order valence-electron chi connectivity index (χ3n) is 2.84. The molecule has 5 heteroatoms. The summed E-state index contributed by atoms with van der Waals surface area (Å²) in [5.74, 6) is -1.14. The van der Waals surface area contributed by atoms with E-state index in [4.69, 9.17) is 18.0 Å². The molecule has 20 heavy (non-hydrogen) atoms. The summed E-state index contributed by atoms with van der Waals surface area (Å²) in [5.41, 5.74) is 5.60. The summed E-state index contributed by atoms with van der Waals surface area (Å²) in [5, 5.41) is 0. The molecular weight excluding hydrogens is 278 g/mol. The van der Waals surface area contributed by atoms with Gasteiger partial charge in [0.25, 0.3) is 0 Å². The number of halogens is 2. The Labute approximate surface area is 125 Å². The van der Waals surface area contributed by atoms with Crippen molar-refractivity contribution in [3.8, 4) is 0 Å². The molecule has 1 aromatic carbocycles. The van der Waals surface area contributed by atoms with E-state index in [0.717, 1.165) is 0 Å². The Hall–Kier alpha value is -1.23. The Bertz CT molecular complexity index is 477. The van der Waals surface area contributed by atoms with Crippen LogP contribution in [0.5, 0.6) is 0 Å². The lowest BCUT2D eigenvalue weighted by Crippen LogP contribution is -2.32. The van der Waals surface area contributed by atoms with E-state index in [1.54, 1.807) is 6.07 Å². The predicted octanol–water partition coefficient (Wildman–Crippen LogP) is 3.72. The number of nitrogens with zero attached hydrogens (tertiary/aromatic N) is 1. The highest BCUT2D eigenvalue weighted by Gasteiger charge is 2.20. The summed E-state index contributed by atoms with van der Waals surface area (Å²) in [6, 6.07) is 3.00. The number of rotatable bonds is 6. The molecule has 0 aromatic heterocycles. The number of anilines is 1. The molecule has 0 atom stereocenters. The lowest BCUT2D eigenvalue weighted by molar-refractivity contribution is 0.492. The first kappa shape index (κ1) is 16.8. The van der Waals surface area contributed by atoms with Gasteiger partial charge in [-0.1, -0.05) is 39.9 Å². The van der Waals surface area contributed by atoms with Gasteiger partial charge in [-0.15, -0.1) is 0 Å². The molecular formula is C15H22F2N2S. The fraction of sp³-hybridized carbons (Fsp3) is 0.533. The summed E-state index contributed by atoms with van der Waals surface area (Å²) >= 11 is 4.72. The van der Waals surface area contributed by atoms with E-state index < -0.39 is 11.6 Å². The summed E-state index contributed by atoms with van der Waals surface area (Å²) in [4.78, 5) is 1.74. The molecule has 0 fully saturated rings. The zero-order valence-corrected chi connectivity index (χ0v) is 13.2. The number of hydrogen-bond donors (Lipinski definition) is 1. The molecule has 0 aliphatic heterocycles. The highest BCUT2D eigenvalue weighted by molar-refractivity contribution is 7.80. The molecule has 0 aliphatic rings. The van der Waals surface area contributed by atoms with Gasteiger partial charge in [0.05, 0.1) is 5.69 Å². The van der Waals surface area contributed by atoms with E-state index in [0.29, 0.717) is 24.9 Å². The van der Waals surface area contributed by atoms with Crippen LogP contribution in [-0.2, 0) is 0 Å². The molecule has 0 radical (unpaired) electrons. The monoisotopic (exact) mass is 300 g/mol. The molecule has 2 nitrogen and oxygen atoms in total. The van der Waals surface area contributed by atoms with Crippen molar-refractivity contribution in [2.45, 2.75) is 27.7 Å². The average Bonchev–Trinajstić information content (AvgIpc) is 2.30. The minimum absolute atomic E-state index is 0.0460. The average molecular weight is 300 g/mol. The normalized spacial score (nSPS) is 11.2. The third kappa shape index (κ3) is 4.13. The molecule has 2 N–H and O–H groups in total. The Kier molecular flexibility index (Phi) is 5.87. The van der Waals surface area contributed by atoms with Crippen LogP contribution < -0.4 is 10.6 Å². The lowest BCUT2D eigenvalue weighted by atomic mass is 10.1. The van der Waals surface area contributed by atoms with Gasteiger partial charge in [0.2, 0.25) is 0 Å². The van der Waals surface area contributed by atoms with Crippen LogP contribution in [0.1, 0.15) is 33.3 Å². The molecule has 0 heterocycles. The summed E-state index contributed by atoms with van der Waals surface area (Å²) in [7, 11) is 0. The number of hydrogen-bond acceptors (Lipinski definition) is 2. The minimum atomic E-state index is -0.965. The van der Waals surface area contributed by atoms with Crippen molar-refractivity contribution in [3.05, 3.63) is 29.3 Å². The highest BCUT2D eigenvalue weighted by Crippen LogP contribution is 2.26. The van der Waals surface area contributed by atoms with Crippen LogP contribution in [0.2, 0.25) is 0 Å². The van der Waals surface area contributed by atoms with Crippen molar-refractivity contribution in [2.24, 2.45) is 17.6 Å². The second-order valence-electron chi connectivity index (χ2n) is 5.82. The van der Waals surface area contributed by atoms with Gasteiger partial charge >= 0.3 is 0 Å². The van der Waals surface area contributed by atoms with E-state index in [9.17, 15) is 8.78 Å². The van der Waals surface area contributed by atoms with E-state index in [-0.39, 0.29) is 16.2 Å². The Morgan fingerprint density at radius 2 is 1.60 bits per heavy atom. The van der Waals surface area contributed by atoms with Gasteiger partial charge in [-0.25, -0.2) is 8.78 Å². The second-order valence-corrected chi connectivity index (χ2v) is 6.26. The van der Waals surface area contributed by atoms with E-state index in [1.165, 1.54) is 6.07 Å². The first-order valence-corrected chi connectivity index (χ1v) is 7.17. The van der Waals surface area contributed by atoms with Crippen LogP contribution in [-0.4, -0.2) is 18.1 Å². The first-order chi connectivity index (χ1) is 9.23. The Balaban J connectivity index is 3.20. The lowest BCUT2D eigenvalue weighted by Gasteiger charge is -2.29. The van der Waals surface area contributed by atoms with E-state index in [2.05, 4.69) is 0 Å². The van der Waals surface area contributed by atoms with Crippen molar-refractivity contribution in [1.82, 2.24) is 0 Å². The van der Waals surface area contributed by atoms with Crippen LogP contribution in [0.25, 0.3) is 0 Å². The van der Waals surface area contributed by atoms with Crippen molar-refractivity contribution in [1.29, 1.82) is 0 Å². The standard InChI is InChI=1S/C15H22F2N2S/c1-9(2)7-19(8-10(3)4)12-6-5-11(15(18)20)13(16)14(12)17/h5-6,9-10H,7-8H2,1-4H3,(H2,18,20). The van der Waals surface area contributed by atoms with Crippen molar-refractivity contribution in [3.63, 3.8) is 0 Å². The fourth-order valence-corrected chi connectivity index (χ4v) is 2.28. The topological polar surface area (TPSA) is 29.3 Å². The molecule has 0 unspecified atom stereocenters. The Morgan fingerprint density at radius 1 is 1.10 bits per heavy atom. The van der Waals surface area contributed by atoms with Gasteiger partial charge in [-0.3, -0.25) is 0 Å². The zero-order valence-electron chi connectivity index (χ0n) is 12.4. The van der Waals surface area contributed by atoms with Crippen molar-refractivity contribution < 1.29 is 8.78 Å². The largest absolute Gasteiger partial charge is 0.389 e. The summed E-state index contributed by atoms with van der Waals surface area (Å²) in [6.45, 7) is 9.52. The van der Waals surface area contributed by atoms with Crippen molar-refractivity contribution >= 4 is 22.9 Å². The van der Waals surface area contributed by atoms with Gasteiger partial charge < -0.3 is 10.6 Å². The van der Waals surface area contributed by atoms with Crippen LogP contribution in [0, 0.1) is 23.5 Å². The minimum Gasteiger partial charge on any atom is -0.389 e. The number of benzene rings is 1. The Morgan fingerprint density at radius 3 is 2.00 bits per heavy atom. The van der Waals surface area contributed by atoms with E-state index in [1.807, 2.05) is 32.6 Å². The molecule has 0 saturated carbocycles. The number of thiocarbonyl (C=S) groups is 1. The van der Waals surface area contributed by atoms with Gasteiger partial charge in [-0.2, -0.15) is 0 Å². The molecule has 0 aliphatic carbocycles. The third-order valence-corrected chi connectivity index (χ3v) is 3.06. The summed E-state index contributed by atoms with van der Waals surface area (Å²) < 4.78 is 28.2. The predicted molar refractivity (Wildman–Crippen MR) is 84.1 cm³/mol. The molecule has 0 bridgehead atoms. The quantitative estimate of drug-likeness (QED) is 0.812. The maximum absolute atomic E-state index is 14.2. The molecule has 0 saturated heterocycles. The fourth-order valence-electron chi connectivity index (χ4n) is 2.13. The molecule has 0 spiro atoms. The molecule has 1 aromatic rings. The SMILES string of the molecule is CC(C)CN(CC(C)C)c1ccc(C(N)=S)c(F)c1F. The van der Waals surface area contributed by atoms with Crippen LogP contribution in [0.4, 0.5) is 14.5 Å². The molecule has 1 rings (SSSR count). The van der Waals surface area contributed by atoms with Gasteiger partial charge in [0.15, 0.2) is 11.6 Å². The van der Waals surface area contributed by atoms with Gasteiger partial charge in [0, 0.05) is 18.7 Å². The number of nitrogens with two attached hydrogens (primary N) is 1. The van der Waals surface area contributed by atoms with Crippen molar-refractivity contribution in [2.75, 3.05) is 18.0 Å². The maximum Gasteiger partial charge on any atom is 0.182 e. The zero-order chi connectivity index (χ0) is 15.4. The van der Waals surface area contributed by atoms with Gasteiger partial charge in [-0.05, 0) is 24.0 Å². The summed E-state index contributed by atoms with van der Waals surface area (Å²) in [6.07, 6.45) is 0. The van der Waals surface area contributed by atoms with Crippen LogP contribution >= 0.6 is 12.2 Å². The van der Waals surface area contributed by atoms with Gasteiger partial charge in [0.1, 0.15) is 4.99 Å². The smallest absolute Gasteiger partial charge is 0.182 e. The first-order valence-electron chi connectivity index (χ1n) is 6.76. The maximum atomic E-state index is 14.2. The molecule has 0 amide bonds. The van der Waals surface area contributed by atoms with Crippen LogP contribution in [0.3, 0.4) is 0 Å². The van der Waals surface area contributed by atoms with E-state index >= 15 is 0 Å².